The molecule has 0 heterocycles. The van der Waals surface area contributed by atoms with Gasteiger partial charge in [-0.2, -0.15) is 0 Å². The monoisotopic (exact) mass is 510 g/mol. The van der Waals surface area contributed by atoms with E-state index in [9.17, 15) is 49.2 Å². The van der Waals surface area contributed by atoms with E-state index in [0.717, 1.165) is 0 Å². The van der Waals surface area contributed by atoms with Crippen LogP contribution in [0.3, 0.4) is 0 Å². The average Bonchev–Trinajstić information content (AvgIpc) is 2.46. The Hall–Kier alpha value is -2.26. The van der Waals surface area contributed by atoms with Gasteiger partial charge in [0.1, 0.15) is 0 Å². The normalized spacial score (nSPS) is 11.7. The van der Waals surface area contributed by atoms with Crippen molar-refractivity contribution in [3.8, 4) is 0 Å². The summed E-state index contributed by atoms with van der Waals surface area (Å²) in [6.07, 6.45) is -8.33. The van der Waals surface area contributed by atoms with E-state index in [4.69, 9.17) is 25.5 Å². The Bertz CT molecular complexity index is 473. The Morgan fingerprint density at radius 2 is 0.862 bits per heavy atom. The first-order chi connectivity index (χ1) is 12.1. The largest absolute Gasteiger partial charge is 2.00 e. The van der Waals surface area contributed by atoms with Crippen molar-refractivity contribution in [1.82, 2.24) is 0 Å². The van der Waals surface area contributed by atoms with Gasteiger partial charge in [0.05, 0.1) is 30.6 Å². The van der Waals surface area contributed by atoms with Crippen LogP contribution in [-0.2, 0) is 62.9 Å². The van der Waals surface area contributed by atoms with Gasteiger partial charge in [-0.05, 0) is 0 Å². The van der Waals surface area contributed by atoms with Gasteiger partial charge in [-0.25, -0.2) is 4.79 Å². The Morgan fingerprint density at radius 3 is 0.931 bits per heavy atom. The van der Waals surface area contributed by atoms with Crippen LogP contribution in [0.5, 0.6) is 0 Å². The van der Waals surface area contributed by atoms with Crippen molar-refractivity contribution in [2.75, 3.05) is 0 Å². The second kappa shape index (κ2) is 20.5. The minimum absolute atomic E-state index is 0. The Balaban J connectivity index is -0.0000000960. The molecule has 168 valence electrons. The maximum atomic E-state index is 9.72. The zero-order valence-electron chi connectivity index (χ0n) is 13.9. The van der Waals surface area contributed by atoms with Gasteiger partial charge >= 0.3 is 46.1 Å². The summed E-state index contributed by atoms with van der Waals surface area (Å²) < 4.78 is 0. The summed E-state index contributed by atoms with van der Waals surface area (Å²) in [5, 5.41) is 78.8. The van der Waals surface area contributed by atoms with Crippen LogP contribution >= 0.6 is 0 Å². The molecule has 0 aromatic heterocycles. The number of carboxylic acids is 6. The van der Waals surface area contributed by atoms with E-state index in [-0.39, 0.29) is 34.1 Å². The van der Waals surface area contributed by atoms with E-state index in [1.165, 1.54) is 0 Å². The fraction of sp³-hybridized carbons (Fsp3) is 0.500. The summed E-state index contributed by atoms with van der Waals surface area (Å²) in [5.74, 6) is -9.70. The zero-order valence-corrected chi connectivity index (χ0v) is 16.1. The zero-order chi connectivity index (χ0) is 22.3. The predicted octanol–water partition coefficient (Wildman–Crippen LogP) is -8.62. The van der Waals surface area contributed by atoms with Gasteiger partial charge in [-0.15, -0.1) is 0 Å². The quantitative estimate of drug-likeness (QED) is 0.180. The third-order valence-corrected chi connectivity index (χ3v) is 1.92. The maximum Gasteiger partial charge on any atom is 2.00 e. The van der Waals surface area contributed by atoms with Gasteiger partial charge < -0.3 is 65.1 Å². The molecular formula is C12H14Fe2O15. The molecular weight excluding hydrogens is 496 g/mol. The first kappa shape index (κ1) is 37.5. The van der Waals surface area contributed by atoms with Gasteiger partial charge in [0.25, 0.3) is 0 Å². The van der Waals surface area contributed by atoms with Crippen LogP contribution in [0, 0.1) is 0 Å². The number of carbonyl (C=O) groups excluding carboxylic acids is 4. The predicted molar refractivity (Wildman–Crippen MR) is 67.2 cm³/mol. The first-order valence-corrected chi connectivity index (χ1v) is 6.41. The summed E-state index contributed by atoms with van der Waals surface area (Å²) in [6, 6.07) is 0. The number of carbonyl (C=O) groups is 6. The molecule has 0 amide bonds. The molecule has 0 aromatic rings. The second-order valence-corrected chi connectivity index (χ2v) is 4.27. The Kier molecular flexibility index (Phi) is 26.5. The van der Waals surface area contributed by atoms with Gasteiger partial charge in [0, 0.05) is 24.8 Å². The first-order valence-electron chi connectivity index (χ1n) is 6.41. The van der Waals surface area contributed by atoms with Crippen LogP contribution in [0.2, 0.25) is 0 Å². The standard InChI is InChI=1S/3C4H6O5.2Fe/c3*5-2(4(8)9)1-3(6)7;;/h3*2,5H,1H2,(H,6,7)(H,8,9);;/q;;;2*+2/p-4. The van der Waals surface area contributed by atoms with Gasteiger partial charge in [0.2, 0.25) is 0 Å². The Morgan fingerprint density at radius 1 is 0.586 bits per heavy atom. The summed E-state index contributed by atoms with van der Waals surface area (Å²) in [7, 11) is 0. The van der Waals surface area contributed by atoms with Crippen molar-refractivity contribution < 1.29 is 109 Å². The molecule has 0 fully saturated rings. The number of aliphatic hydroxyl groups is 3. The molecule has 0 rings (SSSR count). The van der Waals surface area contributed by atoms with E-state index in [2.05, 4.69) is 0 Å². The topological polar surface area (TPSA) is 296 Å². The smallest absolute Gasteiger partial charge is 0.550 e. The molecule has 0 aliphatic rings. The fourth-order valence-corrected chi connectivity index (χ4v) is 0.735. The van der Waals surface area contributed by atoms with E-state index in [1.807, 2.05) is 0 Å². The molecule has 0 saturated heterocycles. The Labute approximate surface area is 182 Å². The number of aliphatic hydroxyl groups excluding tert-OH is 3. The molecule has 15 nitrogen and oxygen atoms in total. The van der Waals surface area contributed by atoms with Crippen LogP contribution in [0.4, 0.5) is 0 Å². The number of carboxylic acid groups (broad SMARTS) is 6. The minimum Gasteiger partial charge on any atom is -0.550 e. The molecule has 29 heavy (non-hydrogen) atoms. The second-order valence-electron chi connectivity index (χ2n) is 4.27. The van der Waals surface area contributed by atoms with Crippen LogP contribution in [0.25, 0.3) is 0 Å². The molecule has 3 unspecified atom stereocenters. The molecule has 17 heteroatoms. The molecule has 0 saturated carbocycles. The molecule has 0 radical (unpaired) electrons. The molecule has 0 aliphatic heterocycles. The summed E-state index contributed by atoms with van der Waals surface area (Å²) in [4.78, 5) is 57.7. The maximum absolute atomic E-state index is 9.72. The van der Waals surface area contributed by atoms with Crippen LogP contribution < -0.4 is 20.4 Å². The van der Waals surface area contributed by atoms with E-state index in [1.54, 1.807) is 0 Å². The molecule has 0 aliphatic carbocycles. The molecule has 0 aromatic carbocycles. The van der Waals surface area contributed by atoms with Gasteiger partial charge in [-0.3, -0.25) is 4.79 Å². The third kappa shape index (κ3) is 30.7. The van der Waals surface area contributed by atoms with Crippen molar-refractivity contribution in [2.24, 2.45) is 0 Å². The van der Waals surface area contributed by atoms with E-state index in [0.29, 0.717) is 0 Å². The number of hydrogen-bond acceptors (Lipinski definition) is 13. The number of rotatable bonds is 9. The number of aliphatic carboxylic acids is 6. The van der Waals surface area contributed by atoms with E-state index >= 15 is 0 Å². The summed E-state index contributed by atoms with van der Waals surface area (Å²) in [6.45, 7) is 0. The SMILES string of the molecule is O=C(O)CC(O)C(=O)O.O=C([O-])CC(O)C(=O)[O-].O=C([O-])CC(O)C(=O)[O-].[Fe+2].[Fe+2]. The van der Waals surface area contributed by atoms with Crippen molar-refractivity contribution in [2.45, 2.75) is 37.6 Å². The average molecular weight is 510 g/mol. The summed E-state index contributed by atoms with van der Waals surface area (Å²) in [5.41, 5.74) is 0. The van der Waals surface area contributed by atoms with Gasteiger partial charge in [0.15, 0.2) is 6.10 Å². The third-order valence-electron chi connectivity index (χ3n) is 1.92. The molecule has 3 atom stereocenters. The van der Waals surface area contributed by atoms with Crippen molar-refractivity contribution >= 4 is 35.8 Å². The van der Waals surface area contributed by atoms with Crippen LogP contribution in [0.1, 0.15) is 19.3 Å². The van der Waals surface area contributed by atoms with Crippen molar-refractivity contribution in [3.63, 3.8) is 0 Å². The van der Waals surface area contributed by atoms with Crippen molar-refractivity contribution in [3.05, 3.63) is 0 Å². The number of hydrogen-bond donors (Lipinski definition) is 5. The fourth-order valence-electron chi connectivity index (χ4n) is 0.735. The minimum atomic E-state index is -1.96. The van der Waals surface area contributed by atoms with Crippen LogP contribution in [-0.4, -0.2) is 79.7 Å². The summed E-state index contributed by atoms with van der Waals surface area (Å²) >= 11 is 0. The van der Waals surface area contributed by atoms with Gasteiger partial charge in [-0.1, -0.05) is 0 Å². The molecule has 0 spiro atoms. The molecule has 0 bridgehead atoms. The van der Waals surface area contributed by atoms with Crippen molar-refractivity contribution in [1.29, 1.82) is 0 Å². The molecule has 5 N–H and O–H groups in total. The van der Waals surface area contributed by atoms with Crippen LogP contribution in [0.15, 0.2) is 0 Å². The van der Waals surface area contributed by atoms with E-state index < -0.39 is 73.4 Å².